The van der Waals surface area contributed by atoms with E-state index in [-0.39, 0.29) is 31.2 Å². The average molecular weight is 422 g/mol. The van der Waals surface area contributed by atoms with Crippen molar-refractivity contribution in [2.75, 3.05) is 18.5 Å². The lowest BCUT2D eigenvalue weighted by atomic mass is 10.1. The molecule has 1 aromatic carbocycles. The molecule has 0 radical (unpaired) electrons. The summed E-state index contributed by atoms with van der Waals surface area (Å²) in [4.78, 5) is 28.3. The highest BCUT2D eigenvalue weighted by Gasteiger charge is 2.15. The average Bonchev–Trinajstić information content (AvgIpc) is 3.15. The molecule has 0 bridgehead atoms. The van der Waals surface area contributed by atoms with Gasteiger partial charge in [-0.3, -0.25) is 4.79 Å². The first kappa shape index (κ1) is 20.2. The summed E-state index contributed by atoms with van der Waals surface area (Å²) in [5.41, 5.74) is 7.52. The van der Waals surface area contributed by atoms with E-state index >= 15 is 0 Å². The van der Waals surface area contributed by atoms with Gasteiger partial charge in [-0.2, -0.15) is 5.10 Å². The molecule has 3 N–H and O–H groups in total. The van der Waals surface area contributed by atoms with Crippen LogP contribution in [-0.4, -0.2) is 38.4 Å². The number of ether oxygens (including phenoxy) is 1. The molecular weight excluding hydrogens is 403 g/mol. The number of hydrogen-bond donors (Lipinski definition) is 2. The van der Waals surface area contributed by atoms with Crippen LogP contribution in [0, 0.1) is 0 Å². The number of nitrogens with zero attached hydrogens (tertiary/aromatic N) is 4. The molecule has 3 aromatic rings. The number of aromatic nitrogens is 4. The predicted molar refractivity (Wildman–Crippen MR) is 113 cm³/mol. The number of hydrogen-bond acceptors (Lipinski definition) is 6. The molecule has 0 spiro atoms. The van der Waals surface area contributed by atoms with E-state index in [1.807, 2.05) is 24.3 Å². The molecule has 2 aromatic heterocycles. The molecular formula is C21H19FN6O3. The quantitative estimate of drug-likeness (QED) is 0.625. The molecule has 3 heterocycles. The fourth-order valence-corrected chi connectivity index (χ4v) is 3.01. The maximum atomic E-state index is 12.8. The van der Waals surface area contributed by atoms with Gasteiger partial charge in [0.25, 0.3) is 5.91 Å². The fourth-order valence-electron chi connectivity index (χ4n) is 3.01. The topological polar surface area (TPSA) is 117 Å². The van der Waals surface area contributed by atoms with Crippen molar-refractivity contribution in [1.82, 2.24) is 19.3 Å². The van der Waals surface area contributed by atoms with Crippen LogP contribution < -0.4 is 21.5 Å². The molecule has 1 amide bonds. The Bertz CT molecular complexity index is 1240. The van der Waals surface area contributed by atoms with Gasteiger partial charge >= 0.3 is 5.69 Å². The van der Waals surface area contributed by atoms with Gasteiger partial charge in [-0.05, 0) is 41.0 Å². The minimum atomic E-state index is -0.452. The Kier molecular flexibility index (Phi) is 5.72. The highest BCUT2D eigenvalue weighted by atomic mass is 19.1. The van der Waals surface area contributed by atoms with Gasteiger partial charge in [0, 0.05) is 12.7 Å². The number of pyridine rings is 1. The van der Waals surface area contributed by atoms with Crippen LogP contribution in [0.2, 0.25) is 0 Å². The van der Waals surface area contributed by atoms with Crippen molar-refractivity contribution in [1.29, 1.82) is 0 Å². The third kappa shape index (κ3) is 4.43. The zero-order valence-electron chi connectivity index (χ0n) is 16.4. The highest BCUT2D eigenvalue weighted by Crippen LogP contribution is 2.29. The second kappa shape index (κ2) is 8.76. The number of carbonyl (C=O) groups is 1. The lowest BCUT2D eigenvalue weighted by molar-refractivity contribution is -0.118. The zero-order chi connectivity index (χ0) is 21.8. The number of carbonyl (C=O) groups excluding carboxylic acids is 1. The number of fused-ring (bicyclic) bond motifs is 1. The first-order valence-electron chi connectivity index (χ1n) is 9.41. The van der Waals surface area contributed by atoms with Gasteiger partial charge in [-0.1, -0.05) is 18.2 Å². The van der Waals surface area contributed by atoms with Crippen molar-refractivity contribution >= 4 is 23.7 Å². The molecule has 1 aliphatic heterocycles. The Morgan fingerprint density at radius 3 is 2.81 bits per heavy atom. The van der Waals surface area contributed by atoms with Crippen molar-refractivity contribution < 1.29 is 13.9 Å². The molecule has 9 nitrogen and oxygen atoms in total. The van der Waals surface area contributed by atoms with Gasteiger partial charge in [-0.25, -0.2) is 23.4 Å². The molecule has 0 saturated heterocycles. The molecule has 4 rings (SSSR count). The van der Waals surface area contributed by atoms with Crippen LogP contribution in [0.15, 0.2) is 59.6 Å². The molecule has 31 heavy (non-hydrogen) atoms. The third-order valence-corrected chi connectivity index (χ3v) is 4.62. The van der Waals surface area contributed by atoms with Gasteiger partial charge in [0.15, 0.2) is 6.61 Å². The summed E-state index contributed by atoms with van der Waals surface area (Å²) < 4.78 is 20.5. The van der Waals surface area contributed by atoms with Gasteiger partial charge in [-0.15, -0.1) is 0 Å². The van der Waals surface area contributed by atoms with Crippen molar-refractivity contribution in [3.05, 3.63) is 76.4 Å². The molecule has 0 saturated carbocycles. The summed E-state index contributed by atoms with van der Waals surface area (Å²) in [5.74, 6) is 0.807. The monoisotopic (exact) mass is 422 g/mol. The molecule has 0 aliphatic carbocycles. The third-order valence-electron chi connectivity index (χ3n) is 4.62. The second-order valence-electron chi connectivity index (χ2n) is 6.79. The summed E-state index contributed by atoms with van der Waals surface area (Å²) in [6.45, 7) is -0.0284. The van der Waals surface area contributed by atoms with Gasteiger partial charge in [0.2, 0.25) is 0 Å². The standard InChI is InChI=1S/C21H19FN6O3/c22-9-16(10-23)11-28-21(30)27(13-25-28)19-8-15(5-6-24-19)2-1-14-3-4-18-17(7-14)26-20(29)12-31-18/h1-9,13H,10-12,23H2,(H,26,29)/b2-1+,16-9+. The normalized spacial score (nSPS) is 13.7. The Hall–Kier alpha value is -4.05. The largest absolute Gasteiger partial charge is 0.482 e. The number of halogens is 1. The molecule has 158 valence electrons. The lowest BCUT2D eigenvalue weighted by Crippen LogP contribution is -2.26. The molecule has 0 atom stereocenters. The Morgan fingerprint density at radius 1 is 1.23 bits per heavy atom. The van der Waals surface area contributed by atoms with E-state index in [0.717, 1.165) is 15.8 Å². The van der Waals surface area contributed by atoms with Crippen molar-refractivity contribution in [2.24, 2.45) is 5.73 Å². The zero-order valence-corrected chi connectivity index (χ0v) is 16.4. The van der Waals surface area contributed by atoms with E-state index in [1.54, 1.807) is 24.4 Å². The van der Waals surface area contributed by atoms with Crippen molar-refractivity contribution in [3.63, 3.8) is 0 Å². The Labute approximate surface area is 176 Å². The van der Waals surface area contributed by atoms with Crippen LogP contribution in [-0.2, 0) is 11.3 Å². The lowest BCUT2D eigenvalue weighted by Gasteiger charge is -2.17. The summed E-state index contributed by atoms with van der Waals surface area (Å²) in [6, 6.07) is 8.99. The van der Waals surface area contributed by atoms with E-state index in [9.17, 15) is 14.0 Å². The predicted octanol–water partition coefficient (Wildman–Crippen LogP) is 1.74. The van der Waals surface area contributed by atoms with Crippen LogP contribution >= 0.6 is 0 Å². The summed E-state index contributed by atoms with van der Waals surface area (Å²) in [7, 11) is 0. The van der Waals surface area contributed by atoms with E-state index < -0.39 is 5.69 Å². The summed E-state index contributed by atoms with van der Waals surface area (Å²) >= 11 is 0. The smallest absolute Gasteiger partial charge is 0.351 e. The first-order chi connectivity index (χ1) is 15.1. The minimum Gasteiger partial charge on any atom is -0.482 e. The Balaban J connectivity index is 1.56. The van der Waals surface area contributed by atoms with Crippen LogP contribution in [0.25, 0.3) is 18.0 Å². The maximum absolute atomic E-state index is 12.8. The number of rotatable bonds is 6. The van der Waals surface area contributed by atoms with Crippen molar-refractivity contribution in [3.8, 4) is 11.6 Å². The van der Waals surface area contributed by atoms with Gasteiger partial charge in [0.1, 0.15) is 17.9 Å². The van der Waals surface area contributed by atoms with Gasteiger partial charge < -0.3 is 15.8 Å². The number of amides is 1. The fraction of sp³-hybridized carbons (Fsp3) is 0.143. The SMILES string of the molecule is NC/C(=C\F)Cn1ncn(-c2cc(/C=C/c3ccc4c(c3)NC(=O)CO4)ccn2)c1=O. The van der Waals surface area contributed by atoms with Crippen LogP contribution in [0.5, 0.6) is 5.75 Å². The second-order valence-corrected chi connectivity index (χ2v) is 6.79. The molecule has 1 aliphatic rings. The number of nitrogens with two attached hydrogens (primary N) is 1. The van der Waals surface area contributed by atoms with E-state index in [4.69, 9.17) is 10.5 Å². The highest BCUT2D eigenvalue weighted by molar-refractivity contribution is 5.95. The van der Waals surface area contributed by atoms with E-state index in [1.165, 1.54) is 10.9 Å². The molecule has 0 unspecified atom stereocenters. The van der Waals surface area contributed by atoms with Crippen LogP contribution in [0.3, 0.4) is 0 Å². The number of anilines is 1. The van der Waals surface area contributed by atoms with Crippen LogP contribution in [0.4, 0.5) is 10.1 Å². The first-order valence-corrected chi connectivity index (χ1v) is 9.41. The van der Waals surface area contributed by atoms with E-state index in [0.29, 0.717) is 23.6 Å². The molecule has 10 heteroatoms. The summed E-state index contributed by atoms with van der Waals surface area (Å²) in [5, 5.41) is 6.77. The van der Waals surface area contributed by atoms with Crippen LogP contribution in [0.1, 0.15) is 11.1 Å². The van der Waals surface area contributed by atoms with Gasteiger partial charge in [0.05, 0.1) is 18.6 Å². The molecule has 0 fully saturated rings. The number of nitrogens with one attached hydrogen (secondary N) is 1. The minimum absolute atomic E-state index is 0.00711. The van der Waals surface area contributed by atoms with E-state index in [2.05, 4.69) is 15.4 Å². The maximum Gasteiger partial charge on any atom is 0.351 e. The van der Waals surface area contributed by atoms with Crippen molar-refractivity contribution in [2.45, 2.75) is 6.54 Å². The summed E-state index contributed by atoms with van der Waals surface area (Å²) in [6.07, 6.45) is 7.01. The Morgan fingerprint density at radius 2 is 2.03 bits per heavy atom. The number of benzene rings is 1.